The Hall–Kier alpha value is -1.91. The highest BCUT2D eigenvalue weighted by Gasteiger charge is 2.30. The Balaban J connectivity index is 3.26. The van der Waals surface area contributed by atoms with Crippen molar-refractivity contribution in [1.29, 1.82) is 0 Å². The molecule has 1 aromatic carbocycles. The van der Waals surface area contributed by atoms with Crippen LogP contribution in [0.5, 0.6) is 0 Å². The minimum atomic E-state index is -4.47. The first-order valence-electron chi connectivity index (χ1n) is 4.27. The molecule has 0 spiro atoms. The van der Waals surface area contributed by atoms with E-state index in [4.69, 9.17) is 0 Å². The van der Waals surface area contributed by atoms with Crippen LogP contribution < -0.4 is 0 Å². The largest absolute Gasteiger partial charge is 0.416 e. The highest BCUT2D eigenvalue weighted by molar-refractivity contribution is 5.84. The lowest BCUT2D eigenvalue weighted by Gasteiger charge is -2.08. The van der Waals surface area contributed by atoms with Crippen molar-refractivity contribution < 1.29 is 22.8 Å². The topological polar surface area (TPSA) is 34.1 Å². The van der Waals surface area contributed by atoms with Gasteiger partial charge in [-0.15, -0.1) is 0 Å². The molecule has 16 heavy (non-hydrogen) atoms. The molecular formula is C11H7F3O2. The Morgan fingerprint density at radius 1 is 1.06 bits per heavy atom. The van der Waals surface area contributed by atoms with Gasteiger partial charge in [0, 0.05) is 5.56 Å². The first kappa shape index (κ1) is 12.2. The third-order valence-corrected chi connectivity index (χ3v) is 1.90. The molecule has 0 radical (unpaired) electrons. The van der Waals surface area contributed by atoms with Gasteiger partial charge in [0.2, 0.25) is 0 Å². The molecule has 0 aliphatic heterocycles. The molecule has 0 unspecified atom stereocenters. The third-order valence-electron chi connectivity index (χ3n) is 1.90. The van der Waals surface area contributed by atoms with Crippen LogP contribution >= 0.6 is 0 Å². The Labute approximate surface area is 89.4 Å². The van der Waals surface area contributed by atoms with E-state index >= 15 is 0 Å². The maximum atomic E-state index is 12.3. The number of halogens is 3. The molecule has 0 aliphatic rings. The van der Waals surface area contributed by atoms with Crippen LogP contribution in [0.3, 0.4) is 0 Å². The number of alkyl halides is 3. The quantitative estimate of drug-likeness (QED) is 0.588. The number of aldehydes is 2. The Kier molecular flexibility index (Phi) is 3.60. The molecular weight excluding hydrogens is 221 g/mol. The molecule has 84 valence electrons. The normalized spacial score (nSPS) is 11.7. The summed E-state index contributed by atoms with van der Waals surface area (Å²) in [6.45, 7) is 0. The summed E-state index contributed by atoms with van der Waals surface area (Å²) in [5.41, 5.74) is -0.688. The van der Waals surface area contributed by atoms with Gasteiger partial charge < -0.3 is 0 Å². The van der Waals surface area contributed by atoms with Gasteiger partial charge >= 0.3 is 6.18 Å². The fraction of sp³-hybridized carbons (Fsp3) is 0.0909. The summed E-state index contributed by atoms with van der Waals surface area (Å²) in [5.74, 6) is 0. The van der Waals surface area contributed by atoms with Crippen LogP contribution in [0.2, 0.25) is 0 Å². The first-order chi connectivity index (χ1) is 7.49. The highest BCUT2D eigenvalue weighted by atomic mass is 19.4. The van der Waals surface area contributed by atoms with Crippen molar-refractivity contribution in [2.45, 2.75) is 6.18 Å². The standard InChI is InChI=1S/C11H7F3O2/c12-11(13,14)10-4-3-9(7-16)8(6-10)2-1-5-15/h1-7H. The Morgan fingerprint density at radius 2 is 1.75 bits per heavy atom. The molecule has 0 atom stereocenters. The van der Waals surface area contributed by atoms with Crippen molar-refractivity contribution in [3.05, 3.63) is 41.0 Å². The van der Waals surface area contributed by atoms with Crippen molar-refractivity contribution in [1.82, 2.24) is 0 Å². The number of hydrogen-bond acceptors (Lipinski definition) is 2. The van der Waals surface area contributed by atoms with Gasteiger partial charge in [0.15, 0.2) is 6.29 Å². The van der Waals surface area contributed by atoms with E-state index in [9.17, 15) is 22.8 Å². The van der Waals surface area contributed by atoms with E-state index in [1.165, 1.54) is 0 Å². The monoisotopic (exact) mass is 228 g/mol. The van der Waals surface area contributed by atoms with Crippen molar-refractivity contribution in [3.8, 4) is 0 Å². The molecule has 0 aliphatic carbocycles. The fourth-order valence-electron chi connectivity index (χ4n) is 1.15. The van der Waals surface area contributed by atoms with Crippen LogP contribution in [0.4, 0.5) is 13.2 Å². The number of carbonyl (C=O) groups excluding carboxylic acids is 2. The van der Waals surface area contributed by atoms with Gasteiger partial charge in [-0.05, 0) is 23.8 Å². The van der Waals surface area contributed by atoms with Gasteiger partial charge in [0.25, 0.3) is 0 Å². The van der Waals surface area contributed by atoms with Crippen LogP contribution in [-0.4, -0.2) is 12.6 Å². The molecule has 1 aromatic rings. The highest BCUT2D eigenvalue weighted by Crippen LogP contribution is 2.30. The molecule has 5 heteroatoms. The lowest BCUT2D eigenvalue weighted by Crippen LogP contribution is -2.05. The number of benzene rings is 1. The summed E-state index contributed by atoms with van der Waals surface area (Å²) >= 11 is 0. The first-order valence-corrected chi connectivity index (χ1v) is 4.27. The zero-order valence-corrected chi connectivity index (χ0v) is 7.99. The molecule has 0 saturated carbocycles. The molecule has 0 fully saturated rings. The molecule has 0 N–H and O–H groups in total. The number of rotatable bonds is 3. The second kappa shape index (κ2) is 4.74. The number of hydrogen-bond donors (Lipinski definition) is 0. The van der Waals surface area contributed by atoms with E-state index in [1.807, 2.05) is 0 Å². The van der Waals surface area contributed by atoms with Crippen LogP contribution in [-0.2, 0) is 11.0 Å². The molecule has 0 aromatic heterocycles. The van der Waals surface area contributed by atoms with E-state index in [0.717, 1.165) is 30.4 Å². The average molecular weight is 228 g/mol. The minimum Gasteiger partial charge on any atom is -0.299 e. The minimum absolute atomic E-state index is 0.0666. The Bertz CT molecular complexity index is 433. The van der Waals surface area contributed by atoms with Crippen molar-refractivity contribution in [2.24, 2.45) is 0 Å². The maximum absolute atomic E-state index is 12.3. The van der Waals surface area contributed by atoms with Gasteiger partial charge in [0.05, 0.1) is 5.56 Å². The summed E-state index contributed by atoms with van der Waals surface area (Å²) < 4.78 is 37.0. The van der Waals surface area contributed by atoms with Crippen LogP contribution in [0, 0.1) is 0 Å². The third kappa shape index (κ3) is 2.79. The van der Waals surface area contributed by atoms with Gasteiger partial charge in [-0.25, -0.2) is 0 Å². The van der Waals surface area contributed by atoms with E-state index in [-0.39, 0.29) is 11.1 Å². The van der Waals surface area contributed by atoms with E-state index in [1.54, 1.807) is 0 Å². The summed E-state index contributed by atoms with van der Waals surface area (Å²) in [5, 5.41) is 0. The van der Waals surface area contributed by atoms with Crippen molar-refractivity contribution in [3.63, 3.8) is 0 Å². The molecule has 1 rings (SSSR count). The predicted molar refractivity (Wildman–Crippen MR) is 51.9 cm³/mol. The van der Waals surface area contributed by atoms with Gasteiger partial charge in [-0.1, -0.05) is 12.1 Å². The summed E-state index contributed by atoms with van der Waals surface area (Å²) in [7, 11) is 0. The fourth-order valence-corrected chi connectivity index (χ4v) is 1.15. The molecule has 0 bridgehead atoms. The summed E-state index contributed by atoms with van der Waals surface area (Å²) in [6, 6.07) is 2.71. The molecule has 0 saturated heterocycles. The van der Waals surface area contributed by atoms with Gasteiger partial charge in [-0.2, -0.15) is 13.2 Å². The number of allylic oxidation sites excluding steroid dienone is 1. The Morgan fingerprint density at radius 3 is 2.25 bits per heavy atom. The van der Waals surface area contributed by atoms with Gasteiger partial charge in [0.1, 0.15) is 6.29 Å². The molecule has 0 amide bonds. The smallest absolute Gasteiger partial charge is 0.299 e. The van der Waals surface area contributed by atoms with Crippen molar-refractivity contribution in [2.75, 3.05) is 0 Å². The summed E-state index contributed by atoms with van der Waals surface area (Å²) in [4.78, 5) is 20.6. The van der Waals surface area contributed by atoms with E-state index < -0.39 is 11.7 Å². The average Bonchev–Trinajstić information content (AvgIpc) is 2.24. The second-order valence-electron chi connectivity index (χ2n) is 2.95. The maximum Gasteiger partial charge on any atom is 0.416 e. The lowest BCUT2D eigenvalue weighted by atomic mass is 10.0. The van der Waals surface area contributed by atoms with E-state index in [2.05, 4.69) is 0 Å². The second-order valence-corrected chi connectivity index (χ2v) is 2.95. The molecule has 2 nitrogen and oxygen atoms in total. The molecule has 0 heterocycles. The summed E-state index contributed by atoms with van der Waals surface area (Å²) in [6.07, 6.45) is -1.42. The predicted octanol–water partition coefficient (Wildman–Crippen LogP) is 2.73. The van der Waals surface area contributed by atoms with Crippen LogP contribution in [0.1, 0.15) is 21.5 Å². The zero-order chi connectivity index (χ0) is 12.2. The van der Waals surface area contributed by atoms with Gasteiger partial charge in [-0.3, -0.25) is 9.59 Å². The number of carbonyl (C=O) groups is 2. The van der Waals surface area contributed by atoms with Crippen molar-refractivity contribution >= 4 is 18.6 Å². The SMILES string of the molecule is O=CC=Cc1cc(C(F)(F)F)ccc1C=O. The zero-order valence-electron chi connectivity index (χ0n) is 7.99. The lowest BCUT2D eigenvalue weighted by molar-refractivity contribution is -0.137. The van der Waals surface area contributed by atoms with Crippen LogP contribution in [0.25, 0.3) is 6.08 Å². The van der Waals surface area contributed by atoms with E-state index in [0.29, 0.717) is 12.6 Å². The van der Waals surface area contributed by atoms with Crippen LogP contribution in [0.15, 0.2) is 24.3 Å².